The van der Waals surface area contributed by atoms with Crippen LogP contribution >= 0.6 is 11.3 Å². The lowest BCUT2D eigenvalue weighted by Crippen LogP contribution is -2.41. The molecule has 1 N–H and O–H groups in total. The van der Waals surface area contributed by atoms with E-state index in [0.717, 1.165) is 27.6 Å². The van der Waals surface area contributed by atoms with E-state index in [1.165, 1.54) is 31.2 Å². The highest BCUT2D eigenvalue weighted by atomic mass is 32.1. The molecule has 2 aromatic carbocycles. The first-order valence-electron chi connectivity index (χ1n) is 12.8. The van der Waals surface area contributed by atoms with Gasteiger partial charge in [-0.15, -0.1) is 11.3 Å². The molecule has 1 amide bonds. The number of benzene rings is 2. The minimum Gasteiger partial charge on any atom is -0.493 e. The quantitative estimate of drug-likeness (QED) is 0.357. The standard InChI is InChI=1S/C29H35N3O3S/c1-18-6-5-7-22(14-18)28-27(30-19(2)36-28)29(33)32(16-20-8-9-20)17-24(31-23-11-12-23)21-10-13-25(34-3)26(15-21)35-4/h5-7,10,13-15,20,23-24,31H,8-9,11-12,16-17H2,1-4H3. The number of aromatic nitrogens is 1. The van der Waals surface area contributed by atoms with Gasteiger partial charge in [0.05, 0.1) is 30.1 Å². The van der Waals surface area contributed by atoms with E-state index in [0.29, 0.717) is 35.7 Å². The number of carbonyl (C=O) groups is 1. The van der Waals surface area contributed by atoms with Crippen molar-refractivity contribution in [2.24, 2.45) is 5.92 Å². The summed E-state index contributed by atoms with van der Waals surface area (Å²) in [5.74, 6) is 2.00. The molecule has 0 saturated heterocycles. The van der Waals surface area contributed by atoms with E-state index in [1.807, 2.05) is 30.0 Å². The SMILES string of the molecule is COc1ccc(C(CN(CC2CC2)C(=O)c2nc(C)sc2-c2cccc(C)c2)NC2CC2)cc1OC. The van der Waals surface area contributed by atoms with Crippen molar-refractivity contribution in [1.82, 2.24) is 15.2 Å². The maximum atomic E-state index is 14.1. The van der Waals surface area contributed by atoms with Gasteiger partial charge < -0.3 is 19.7 Å². The van der Waals surface area contributed by atoms with Crippen molar-refractivity contribution < 1.29 is 14.3 Å². The van der Waals surface area contributed by atoms with Gasteiger partial charge in [0.15, 0.2) is 11.5 Å². The van der Waals surface area contributed by atoms with Gasteiger partial charge in [0, 0.05) is 19.1 Å². The molecule has 0 radical (unpaired) electrons. The predicted octanol–water partition coefficient (Wildman–Crippen LogP) is 5.79. The Balaban J connectivity index is 1.46. The van der Waals surface area contributed by atoms with E-state index in [9.17, 15) is 4.79 Å². The summed E-state index contributed by atoms with van der Waals surface area (Å²) in [5, 5.41) is 4.69. The first-order valence-corrected chi connectivity index (χ1v) is 13.6. The first-order chi connectivity index (χ1) is 17.4. The molecule has 0 spiro atoms. The average Bonchev–Trinajstić information content (AvgIpc) is 3.82. The van der Waals surface area contributed by atoms with E-state index >= 15 is 0 Å². The van der Waals surface area contributed by atoms with Crippen molar-refractivity contribution in [3.63, 3.8) is 0 Å². The van der Waals surface area contributed by atoms with Crippen LogP contribution in [0.4, 0.5) is 0 Å². The number of methoxy groups -OCH3 is 2. The third-order valence-electron chi connectivity index (χ3n) is 6.91. The van der Waals surface area contributed by atoms with Crippen LogP contribution in [0.2, 0.25) is 0 Å². The fourth-order valence-corrected chi connectivity index (χ4v) is 5.54. The lowest BCUT2D eigenvalue weighted by molar-refractivity contribution is 0.0724. The Kier molecular flexibility index (Phi) is 7.30. The van der Waals surface area contributed by atoms with Crippen LogP contribution in [0, 0.1) is 19.8 Å². The summed E-state index contributed by atoms with van der Waals surface area (Å²) in [4.78, 5) is 21.8. The zero-order valence-electron chi connectivity index (χ0n) is 21.5. The van der Waals surface area contributed by atoms with Gasteiger partial charge in [0.1, 0.15) is 5.69 Å². The summed E-state index contributed by atoms with van der Waals surface area (Å²) in [6.45, 7) is 5.41. The van der Waals surface area contributed by atoms with E-state index < -0.39 is 0 Å². The maximum Gasteiger partial charge on any atom is 0.274 e. The number of nitrogens with zero attached hydrogens (tertiary/aromatic N) is 2. The van der Waals surface area contributed by atoms with Gasteiger partial charge in [-0.3, -0.25) is 4.79 Å². The largest absolute Gasteiger partial charge is 0.493 e. The highest BCUT2D eigenvalue weighted by Gasteiger charge is 2.33. The van der Waals surface area contributed by atoms with Crippen molar-refractivity contribution in [1.29, 1.82) is 0 Å². The number of ether oxygens (including phenoxy) is 2. The van der Waals surface area contributed by atoms with Crippen molar-refractivity contribution >= 4 is 17.2 Å². The van der Waals surface area contributed by atoms with Crippen LogP contribution in [-0.2, 0) is 0 Å². The van der Waals surface area contributed by atoms with Crippen LogP contribution in [0.15, 0.2) is 42.5 Å². The second-order valence-electron chi connectivity index (χ2n) is 10.0. The fourth-order valence-electron chi connectivity index (χ4n) is 4.64. The van der Waals surface area contributed by atoms with Crippen LogP contribution < -0.4 is 14.8 Å². The smallest absolute Gasteiger partial charge is 0.274 e. The average molecular weight is 506 g/mol. The molecular weight excluding hydrogens is 470 g/mol. The maximum absolute atomic E-state index is 14.1. The highest BCUT2D eigenvalue weighted by Crippen LogP contribution is 2.36. The van der Waals surface area contributed by atoms with E-state index in [1.54, 1.807) is 25.6 Å². The van der Waals surface area contributed by atoms with Gasteiger partial charge in [0.2, 0.25) is 0 Å². The van der Waals surface area contributed by atoms with Gasteiger partial charge >= 0.3 is 0 Å². The molecule has 1 atom stereocenters. The van der Waals surface area contributed by atoms with E-state index in [2.05, 4.69) is 36.5 Å². The molecular formula is C29H35N3O3S. The Labute approximate surface area is 217 Å². The molecule has 5 rings (SSSR count). The summed E-state index contributed by atoms with van der Waals surface area (Å²) in [6.07, 6.45) is 4.70. The molecule has 2 saturated carbocycles. The van der Waals surface area contributed by atoms with Gasteiger partial charge in [-0.25, -0.2) is 4.98 Å². The first kappa shape index (κ1) is 24.8. The third kappa shape index (κ3) is 5.73. The minimum atomic E-state index is 0.00200. The van der Waals surface area contributed by atoms with Gasteiger partial charge in [0.25, 0.3) is 5.91 Å². The number of amides is 1. The summed E-state index contributed by atoms with van der Waals surface area (Å²) in [6, 6.07) is 14.9. The number of thiazole rings is 1. The molecule has 0 aliphatic heterocycles. The van der Waals surface area contributed by atoms with Crippen LogP contribution in [-0.4, -0.2) is 49.1 Å². The third-order valence-corrected chi connectivity index (χ3v) is 7.93. The summed E-state index contributed by atoms with van der Waals surface area (Å²) in [7, 11) is 3.31. The molecule has 0 bridgehead atoms. The molecule has 1 unspecified atom stereocenters. The molecule has 2 aliphatic carbocycles. The number of aryl methyl sites for hydroxylation is 2. The van der Waals surface area contributed by atoms with E-state index in [4.69, 9.17) is 14.5 Å². The molecule has 2 aliphatic rings. The van der Waals surface area contributed by atoms with Crippen LogP contribution in [0.1, 0.15) is 58.3 Å². The zero-order chi connectivity index (χ0) is 25.2. The second-order valence-corrected chi connectivity index (χ2v) is 11.2. The Bertz CT molecular complexity index is 1230. The number of hydrogen-bond acceptors (Lipinski definition) is 6. The number of nitrogens with one attached hydrogen (secondary N) is 1. The van der Waals surface area contributed by atoms with Gasteiger partial charge in [-0.2, -0.15) is 0 Å². The lowest BCUT2D eigenvalue weighted by Gasteiger charge is -2.29. The van der Waals surface area contributed by atoms with Crippen molar-refractivity contribution in [3.8, 4) is 21.9 Å². The van der Waals surface area contributed by atoms with Crippen molar-refractivity contribution in [3.05, 3.63) is 64.3 Å². The van der Waals surface area contributed by atoms with Crippen molar-refractivity contribution in [2.45, 2.75) is 51.6 Å². The Morgan fingerprint density at radius 1 is 1.08 bits per heavy atom. The molecule has 1 aromatic heterocycles. The Hall–Kier alpha value is -2.90. The molecule has 190 valence electrons. The van der Waals surface area contributed by atoms with E-state index in [-0.39, 0.29) is 11.9 Å². The molecule has 3 aromatic rings. The lowest BCUT2D eigenvalue weighted by atomic mass is 10.0. The van der Waals surface area contributed by atoms with Crippen LogP contribution in [0.5, 0.6) is 11.5 Å². The zero-order valence-corrected chi connectivity index (χ0v) is 22.4. The van der Waals surface area contributed by atoms with Gasteiger partial charge in [-0.1, -0.05) is 35.9 Å². The number of rotatable bonds is 11. The molecule has 36 heavy (non-hydrogen) atoms. The fraction of sp³-hybridized carbons (Fsp3) is 0.448. The molecule has 2 fully saturated rings. The Morgan fingerprint density at radius 2 is 1.86 bits per heavy atom. The van der Waals surface area contributed by atoms with Gasteiger partial charge in [-0.05, 0) is 68.7 Å². The normalized spacial score (nSPS) is 16.0. The topological polar surface area (TPSA) is 63.7 Å². The number of carbonyl (C=O) groups excluding carboxylic acids is 1. The predicted molar refractivity (Wildman–Crippen MR) is 144 cm³/mol. The summed E-state index contributed by atoms with van der Waals surface area (Å²) < 4.78 is 11.0. The molecule has 7 heteroatoms. The monoisotopic (exact) mass is 505 g/mol. The molecule has 6 nitrogen and oxygen atoms in total. The Morgan fingerprint density at radius 3 is 2.53 bits per heavy atom. The molecule has 1 heterocycles. The second kappa shape index (κ2) is 10.6. The van der Waals surface area contributed by atoms with Crippen molar-refractivity contribution in [2.75, 3.05) is 27.3 Å². The minimum absolute atomic E-state index is 0.00200. The summed E-state index contributed by atoms with van der Waals surface area (Å²) >= 11 is 1.60. The highest BCUT2D eigenvalue weighted by molar-refractivity contribution is 7.15. The van der Waals surface area contributed by atoms with Crippen LogP contribution in [0.3, 0.4) is 0 Å². The number of hydrogen-bond donors (Lipinski definition) is 1. The van der Waals surface area contributed by atoms with Crippen LogP contribution in [0.25, 0.3) is 10.4 Å². The summed E-state index contributed by atoms with van der Waals surface area (Å²) in [5.41, 5.74) is 3.90.